The number of hydrogen-bond donors (Lipinski definition) is 2. The van der Waals surface area contributed by atoms with Gasteiger partial charge in [0.05, 0.1) is 36.3 Å². The van der Waals surface area contributed by atoms with Crippen LogP contribution >= 0.6 is 0 Å². The first-order valence-electron chi connectivity index (χ1n) is 9.66. The number of pyridine rings is 3. The van der Waals surface area contributed by atoms with Crippen molar-refractivity contribution in [3.63, 3.8) is 0 Å². The Morgan fingerprint density at radius 3 is 2.55 bits per heavy atom. The van der Waals surface area contributed by atoms with Crippen molar-refractivity contribution in [2.45, 2.75) is 20.0 Å². The van der Waals surface area contributed by atoms with Crippen LogP contribution in [0.3, 0.4) is 0 Å². The van der Waals surface area contributed by atoms with Gasteiger partial charge >= 0.3 is 0 Å². The molecule has 0 saturated carbocycles. The third-order valence-electron chi connectivity index (χ3n) is 4.64. The number of anilines is 1. The number of carbonyl (C=O) groups is 1. The van der Waals surface area contributed by atoms with Crippen LogP contribution in [0.15, 0.2) is 67.5 Å². The second kappa shape index (κ2) is 9.19. The maximum atomic E-state index is 12.4. The molecule has 8 nitrogen and oxygen atoms in total. The highest BCUT2D eigenvalue weighted by molar-refractivity contribution is 5.91. The fourth-order valence-electron chi connectivity index (χ4n) is 3.18. The second-order valence-electron chi connectivity index (χ2n) is 6.95. The Kier molecular flexibility index (Phi) is 6.00. The lowest BCUT2D eigenvalue weighted by molar-refractivity contribution is -0.115. The van der Waals surface area contributed by atoms with Crippen LogP contribution in [-0.2, 0) is 17.8 Å². The van der Waals surface area contributed by atoms with E-state index < -0.39 is 0 Å². The summed E-state index contributed by atoms with van der Waals surface area (Å²) >= 11 is 0. The molecule has 0 radical (unpaired) electrons. The van der Waals surface area contributed by atoms with Crippen molar-refractivity contribution in [1.82, 2.24) is 24.9 Å². The molecule has 154 valence electrons. The summed E-state index contributed by atoms with van der Waals surface area (Å²) in [5, 5.41) is 12.1. The molecule has 0 aliphatic heterocycles. The monoisotopic (exact) mass is 412 g/mol. The number of nitrogens with zero attached hydrogens (tertiary/aromatic N) is 5. The molecule has 2 N–H and O–H groups in total. The normalized spacial score (nSPS) is 10.6. The number of aliphatic hydroxyl groups is 1. The number of amides is 1. The van der Waals surface area contributed by atoms with E-state index in [1.54, 1.807) is 49.3 Å². The van der Waals surface area contributed by atoms with E-state index in [9.17, 15) is 9.90 Å². The average Bonchev–Trinajstić information content (AvgIpc) is 2.80. The highest BCUT2D eigenvalue weighted by Crippen LogP contribution is 2.22. The molecule has 0 saturated heterocycles. The molecular formula is C23H20N6O2. The SMILES string of the molecule is Cc1cc(CC(=O)Nc2ccc(-c3cnccn3)cn2)cnc1-c1ccnc(CO)c1. The van der Waals surface area contributed by atoms with Gasteiger partial charge in [0.15, 0.2) is 0 Å². The Balaban J connectivity index is 1.42. The zero-order valence-corrected chi connectivity index (χ0v) is 16.9. The van der Waals surface area contributed by atoms with Gasteiger partial charge in [0, 0.05) is 42.1 Å². The van der Waals surface area contributed by atoms with Crippen molar-refractivity contribution >= 4 is 11.7 Å². The average molecular weight is 412 g/mol. The Labute approximate surface area is 179 Å². The minimum Gasteiger partial charge on any atom is -0.390 e. The van der Waals surface area contributed by atoms with E-state index in [1.807, 2.05) is 25.1 Å². The summed E-state index contributed by atoms with van der Waals surface area (Å²) < 4.78 is 0. The Morgan fingerprint density at radius 1 is 0.935 bits per heavy atom. The van der Waals surface area contributed by atoms with E-state index in [-0.39, 0.29) is 18.9 Å². The van der Waals surface area contributed by atoms with E-state index in [4.69, 9.17) is 0 Å². The lowest BCUT2D eigenvalue weighted by atomic mass is 10.0. The van der Waals surface area contributed by atoms with Crippen LogP contribution < -0.4 is 5.32 Å². The number of hydrogen-bond acceptors (Lipinski definition) is 7. The van der Waals surface area contributed by atoms with Gasteiger partial charge in [-0.25, -0.2) is 4.98 Å². The van der Waals surface area contributed by atoms with Crippen molar-refractivity contribution in [3.05, 3.63) is 84.3 Å². The number of carbonyl (C=O) groups excluding carboxylic acids is 1. The summed E-state index contributed by atoms with van der Waals surface area (Å²) in [6, 6.07) is 9.15. The van der Waals surface area contributed by atoms with Gasteiger partial charge in [-0.15, -0.1) is 0 Å². The molecule has 31 heavy (non-hydrogen) atoms. The predicted molar refractivity (Wildman–Crippen MR) is 116 cm³/mol. The Morgan fingerprint density at radius 2 is 1.84 bits per heavy atom. The number of rotatable bonds is 6. The number of aliphatic hydroxyl groups excluding tert-OH is 1. The molecular weight excluding hydrogens is 392 g/mol. The number of nitrogens with one attached hydrogen (secondary N) is 1. The molecule has 4 aromatic rings. The van der Waals surface area contributed by atoms with Gasteiger partial charge in [-0.3, -0.25) is 24.7 Å². The number of aryl methyl sites for hydroxylation is 1. The molecule has 0 aliphatic rings. The summed E-state index contributed by atoms with van der Waals surface area (Å²) in [6.07, 6.45) is 10.0. The smallest absolute Gasteiger partial charge is 0.230 e. The maximum Gasteiger partial charge on any atom is 0.230 e. The molecule has 0 fully saturated rings. The molecule has 0 spiro atoms. The maximum absolute atomic E-state index is 12.4. The first-order chi connectivity index (χ1) is 15.1. The second-order valence-corrected chi connectivity index (χ2v) is 6.95. The summed E-state index contributed by atoms with van der Waals surface area (Å²) in [6.45, 7) is 1.81. The largest absolute Gasteiger partial charge is 0.390 e. The molecule has 8 heteroatoms. The van der Waals surface area contributed by atoms with E-state index in [0.717, 1.165) is 33.6 Å². The number of aromatic nitrogens is 5. The van der Waals surface area contributed by atoms with Crippen LogP contribution in [-0.4, -0.2) is 35.9 Å². The molecule has 0 aliphatic carbocycles. The van der Waals surface area contributed by atoms with Crippen LogP contribution in [0.5, 0.6) is 0 Å². The standard InChI is InChI=1S/C23H20N6O2/c1-15-8-16(11-28-23(15)17-4-5-25-19(10-17)14-30)9-22(31)29-21-3-2-18(12-27-21)20-13-24-6-7-26-20/h2-8,10-13,30H,9,14H2,1H3,(H,27,29,31). The van der Waals surface area contributed by atoms with E-state index >= 15 is 0 Å². The Bertz CT molecular complexity index is 1200. The molecule has 4 aromatic heterocycles. The molecule has 0 atom stereocenters. The van der Waals surface area contributed by atoms with Crippen LogP contribution in [0.1, 0.15) is 16.8 Å². The molecule has 1 amide bonds. The van der Waals surface area contributed by atoms with Gasteiger partial charge in [0.2, 0.25) is 5.91 Å². The molecule has 0 unspecified atom stereocenters. The fourth-order valence-corrected chi connectivity index (χ4v) is 3.18. The zero-order valence-electron chi connectivity index (χ0n) is 16.9. The van der Waals surface area contributed by atoms with E-state index in [1.165, 1.54) is 0 Å². The fraction of sp³-hybridized carbons (Fsp3) is 0.130. The first kappa shape index (κ1) is 20.2. The van der Waals surface area contributed by atoms with Crippen LogP contribution in [0, 0.1) is 6.92 Å². The minimum atomic E-state index is -0.180. The molecule has 0 bridgehead atoms. The topological polar surface area (TPSA) is 114 Å². The van der Waals surface area contributed by atoms with Crippen LogP contribution in [0.4, 0.5) is 5.82 Å². The quantitative estimate of drug-likeness (QED) is 0.500. The summed E-state index contributed by atoms with van der Waals surface area (Å²) in [5.41, 5.74) is 5.53. The van der Waals surface area contributed by atoms with Crippen LogP contribution in [0.25, 0.3) is 22.5 Å². The predicted octanol–water partition coefficient (Wildman–Crippen LogP) is 2.98. The first-order valence-corrected chi connectivity index (χ1v) is 9.66. The van der Waals surface area contributed by atoms with Crippen molar-refractivity contribution in [2.75, 3.05) is 5.32 Å². The molecule has 0 aromatic carbocycles. The third-order valence-corrected chi connectivity index (χ3v) is 4.64. The molecule has 4 rings (SSSR count). The summed E-state index contributed by atoms with van der Waals surface area (Å²) in [7, 11) is 0. The van der Waals surface area contributed by atoms with Crippen molar-refractivity contribution in [3.8, 4) is 22.5 Å². The molecule has 4 heterocycles. The van der Waals surface area contributed by atoms with Gasteiger partial charge in [-0.1, -0.05) is 6.07 Å². The van der Waals surface area contributed by atoms with Crippen molar-refractivity contribution in [1.29, 1.82) is 0 Å². The van der Waals surface area contributed by atoms with Gasteiger partial charge in [-0.2, -0.15) is 0 Å². The van der Waals surface area contributed by atoms with Crippen molar-refractivity contribution in [2.24, 2.45) is 0 Å². The van der Waals surface area contributed by atoms with E-state index in [2.05, 4.69) is 30.2 Å². The highest BCUT2D eigenvalue weighted by Gasteiger charge is 2.10. The minimum absolute atomic E-state index is 0.126. The van der Waals surface area contributed by atoms with Crippen molar-refractivity contribution < 1.29 is 9.90 Å². The zero-order chi connectivity index (χ0) is 21.6. The lowest BCUT2D eigenvalue weighted by Crippen LogP contribution is -2.15. The lowest BCUT2D eigenvalue weighted by Gasteiger charge is -2.09. The van der Waals surface area contributed by atoms with E-state index in [0.29, 0.717) is 11.5 Å². The highest BCUT2D eigenvalue weighted by atomic mass is 16.3. The third kappa shape index (κ3) is 4.93. The Hall–Kier alpha value is -4.04. The summed E-state index contributed by atoms with van der Waals surface area (Å²) in [4.78, 5) is 33.6. The van der Waals surface area contributed by atoms with Crippen LogP contribution in [0.2, 0.25) is 0 Å². The van der Waals surface area contributed by atoms with Gasteiger partial charge in [-0.05, 0) is 42.3 Å². The van der Waals surface area contributed by atoms with Gasteiger partial charge < -0.3 is 10.4 Å². The summed E-state index contributed by atoms with van der Waals surface area (Å²) in [5.74, 6) is 0.285. The van der Waals surface area contributed by atoms with Gasteiger partial charge in [0.25, 0.3) is 0 Å². The van der Waals surface area contributed by atoms with Gasteiger partial charge in [0.1, 0.15) is 5.82 Å².